The molecule has 0 unspecified atom stereocenters. The molecule has 0 amide bonds. The minimum absolute atomic E-state index is 0.700. The summed E-state index contributed by atoms with van der Waals surface area (Å²) in [5.41, 5.74) is 28.5. The first-order chi connectivity index (χ1) is 11.0. The third-order valence-corrected chi connectivity index (χ3v) is 4.10. The molecule has 23 heavy (non-hydrogen) atoms. The van der Waals surface area contributed by atoms with Crippen LogP contribution in [0.25, 0.3) is 0 Å². The van der Waals surface area contributed by atoms with E-state index in [-0.39, 0.29) is 0 Å². The average molecular weight is 304 g/mol. The van der Waals surface area contributed by atoms with Crippen molar-refractivity contribution in [1.29, 1.82) is 0 Å². The van der Waals surface area contributed by atoms with Crippen LogP contribution in [0.4, 0.5) is 17.1 Å². The van der Waals surface area contributed by atoms with Gasteiger partial charge in [0.25, 0.3) is 0 Å². The van der Waals surface area contributed by atoms with Crippen molar-refractivity contribution < 1.29 is 0 Å². The smallest absolute Gasteiger partial charge is 0.0923 e. The molecule has 0 aromatic heterocycles. The second-order valence-corrected chi connectivity index (χ2v) is 5.67. The van der Waals surface area contributed by atoms with Gasteiger partial charge in [0.05, 0.1) is 5.54 Å². The lowest BCUT2D eigenvalue weighted by Gasteiger charge is -2.32. The van der Waals surface area contributed by atoms with Crippen molar-refractivity contribution in [2.75, 3.05) is 17.2 Å². The lowest BCUT2D eigenvalue weighted by molar-refractivity contribution is 0.653. The van der Waals surface area contributed by atoms with E-state index in [4.69, 9.17) is 22.9 Å². The minimum atomic E-state index is -0.810. The van der Waals surface area contributed by atoms with E-state index in [1.54, 1.807) is 0 Å². The Hall–Kier alpha value is -2.98. The molecule has 0 saturated heterocycles. The second kappa shape index (κ2) is 5.66. The highest BCUT2D eigenvalue weighted by Crippen LogP contribution is 2.35. The highest BCUT2D eigenvalue weighted by Gasteiger charge is 2.31. The van der Waals surface area contributed by atoms with Gasteiger partial charge in [-0.15, -0.1) is 0 Å². The van der Waals surface area contributed by atoms with Crippen LogP contribution < -0.4 is 22.9 Å². The number of nitrogen functional groups attached to an aromatic ring is 3. The predicted molar refractivity (Wildman–Crippen MR) is 96.6 cm³/mol. The van der Waals surface area contributed by atoms with Crippen LogP contribution in [-0.2, 0) is 5.54 Å². The fourth-order valence-corrected chi connectivity index (χ4v) is 2.74. The van der Waals surface area contributed by atoms with Crippen LogP contribution in [0.5, 0.6) is 0 Å². The van der Waals surface area contributed by atoms with Crippen LogP contribution in [0.3, 0.4) is 0 Å². The summed E-state index contributed by atoms with van der Waals surface area (Å²) in [6, 6.07) is 22.8. The zero-order valence-electron chi connectivity index (χ0n) is 12.7. The molecule has 0 atom stereocenters. The molecule has 3 rings (SSSR count). The lowest BCUT2D eigenvalue weighted by Crippen LogP contribution is -2.39. The molecule has 4 heteroatoms. The van der Waals surface area contributed by atoms with Gasteiger partial charge in [-0.2, -0.15) is 0 Å². The van der Waals surface area contributed by atoms with Gasteiger partial charge in [-0.1, -0.05) is 36.4 Å². The molecular formula is C19H20N4. The van der Waals surface area contributed by atoms with Crippen molar-refractivity contribution in [3.05, 3.63) is 89.5 Å². The number of benzene rings is 3. The molecule has 0 radical (unpaired) electrons. The summed E-state index contributed by atoms with van der Waals surface area (Å²) < 4.78 is 0. The third-order valence-electron chi connectivity index (χ3n) is 4.10. The molecular weight excluding hydrogens is 284 g/mol. The first kappa shape index (κ1) is 14.9. The van der Waals surface area contributed by atoms with Crippen molar-refractivity contribution in [3.8, 4) is 0 Å². The van der Waals surface area contributed by atoms with Crippen LogP contribution in [0.2, 0.25) is 0 Å². The monoisotopic (exact) mass is 304 g/mol. The highest BCUT2D eigenvalue weighted by atomic mass is 14.8. The van der Waals surface area contributed by atoms with E-state index in [9.17, 15) is 0 Å². The van der Waals surface area contributed by atoms with E-state index in [1.165, 1.54) is 0 Å². The minimum Gasteiger partial charge on any atom is -0.399 e. The highest BCUT2D eigenvalue weighted by molar-refractivity contribution is 5.55. The normalized spacial score (nSPS) is 11.3. The van der Waals surface area contributed by atoms with Crippen molar-refractivity contribution in [3.63, 3.8) is 0 Å². The van der Waals surface area contributed by atoms with Crippen LogP contribution in [0.15, 0.2) is 72.8 Å². The number of hydrogen-bond acceptors (Lipinski definition) is 4. The molecule has 4 nitrogen and oxygen atoms in total. The zero-order valence-corrected chi connectivity index (χ0v) is 12.7. The van der Waals surface area contributed by atoms with Gasteiger partial charge in [0, 0.05) is 17.1 Å². The number of anilines is 3. The quantitative estimate of drug-likeness (QED) is 0.441. The van der Waals surface area contributed by atoms with E-state index in [0.29, 0.717) is 17.1 Å². The second-order valence-electron chi connectivity index (χ2n) is 5.67. The molecule has 0 aliphatic heterocycles. The maximum absolute atomic E-state index is 6.89. The Morgan fingerprint density at radius 2 is 0.652 bits per heavy atom. The Labute approximate surface area is 135 Å². The van der Waals surface area contributed by atoms with E-state index >= 15 is 0 Å². The largest absolute Gasteiger partial charge is 0.399 e. The van der Waals surface area contributed by atoms with Gasteiger partial charge in [0.1, 0.15) is 0 Å². The van der Waals surface area contributed by atoms with Crippen molar-refractivity contribution >= 4 is 17.1 Å². The first-order valence-corrected chi connectivity index (χ1v) is 7.37. The molecule has 3 aromatic rings. The molecule has 8 N–H and O–H groups in total. The fraction of sp³-hybridized carbons (Fsp3) is 0.0526. The maximum atomic E-state index is 6.89. The predicted octanol–water partition coefficient (Wildman–Crippen LogP) is 2.68. The van der Waals surface area contributed by atoms with Crippen molar-refractivity contribution in [2.45, 2.75) is 5.54 Å². The summed E-state index contributed by atoms with van der Waals surface area (Å²) >= 11 is 0. The Morgan fingerprint density at radius 3 is 0.870 bits per heavy atom. The summed E-state index contributed by atoms with van der Waals surface area (Å²) in [5, 5.41) is 0. The van der Waals surface area contributed by atoms with E-state index in [0.717, 1.165) is 16.7 Å². The van der Waals surface area contributed by atoms with Gasteiger partial charge in [-0.25, -0.2) is 0 Å². The summed E-state index contributed by atoms with van der Waals surface area (Å²) in [4.78, 5) is 0. The summed E-state index contributed by atoms with van der Waals surface area (Å²) in [6.07, 6.45) is 0. The number of nitrogens with two attached hydrogens (primary N) is 4. The summed E-state index contributed by atoms with van der Waals surface area (Å²) in [6.45, 7) is 0. The molecule has 0 fully saturated rings. The molecule has 0 aliphatic rings. The maximum Gasteiger partial charge on any atom is 0.0923 e. The number of hydrogen-bond donors (Lipinski definition) is 4. The van der Waals surface area contributed by atoms with Crippen LogP contribution in [-0.4, -0.2) is 0 Å². The van der Waals surface area contributed by atoms with Crippen LogP contribution in [0.1, 0.15) is 16.7 Å². The number of rotatable bonds is 3. The van der Waals surface area contributed by atoms with E-state index in [2.05, 4.69) is 0 Å². The fourth-order valence-electron chi connectivity index (χ4n) is 2.74. The van der Waals surface area contributed by atoms with E-state index in [1.807, 2.05) is 72.8 Å². The zero-order chi connectivity index (χ0) is 16.4. The Kier molecular flexibility index (Phi) is 3.68. The standard InChI is InChI=1S/C19H20N4/c20-16-7-1-13(2-8-16)19(23,14-3-9-17(21)10-4-14)15-5-11-18(22)12-6-15/h1-12H,20-23H2. The van der Waals surface area contributed by atoms with Crippen LogP contribution >= 0.6 is 0 Å². The molecule has 3 aromatic carbocycles. The molecule has 0 aliphatic carbocycles. The topological polar surface area (TPSA) is 104 Å². The molecule has 0 saturated carbocycles. The van der Waals surface area contributed by atoms with Crippen LogP contribution in [0, 0.1) is 0 Å². The van der Waals surface area contributed by atoms with Gasteiger partial charge < -0.3 is 22.9 Å². The molecule has 116 valence electrons. The van der Waals surface area contributed by atoms with Gasteiger partial charge in [-0.3, -0.25) is 0 Å². The third kappa shape index (κ3) is 2.72. The van der Waals surface area contributed by atoms with Gasteiger partial charge in [0.2, 0.25) is 0 Å². The van der Waals surface area contributed by atoms with Crippen molar-refractivity contribution in [1.82, 2.24) is 0 Å². The molecule has 0 spiro atoms. The lowest BCUT2D eigenvalue weighted by atomic mass is 9.78. The average Bonchev–Trinajstić information content (AvgIpc) is 2.56. The summed E-state index contributed by atoms with van der Waals surface area (Å²) in [5.74, 6) is 0. The SMILES string of the molecule is Nc1ccc(C(N)(c2ccc(N)cc2)c2ccc(N)cc2)cc1. The molecule has 0 heterocycles. The van der Waals surface area contributed by atoms with Crippen molar-refractivity contribution in [2.24, 2.45) is 5.73 Å². The molecule has 0 bridgehead atoms. The first-order valence-electron chi connectivity index (χ1n) is 7.37. The van der Waals surface area contributed by atoms with Gasteiger partial charge >= 0.3 is 0 Å². The Bertz CT molecular complexity index is 679. The van der Waals surface area contributed by atoms with E-state index < -0.39 is 5.54 Å². The Morgan fingerprint density at radius 1 is 0.435 bits per heavy atom. The summed E-state index contributed by atoms with van der Waals surface area (Å²) in [7, 11) is 0. The van der Waals surface area contributed by atoms with Gasteiger partial charge in [-0.05, 0) is 53.1 Å². The Balaban J connectivity index is 2.21. The van der Waals surface area contributed by atoms with Gasteiger partial charge in [0.15, 0.2) is 0 Å².